The summed E-state index contributed by atoms with van der Waals surface area (Å²) in [7, 11) is 0. The van der Waals surface area contributed by atoms with Crippen LogP contribution in [0, 0.1) is 5.92 Å². The van der Waals surface area contributed by atoms with E-state index in [9.17, 15) is 14.7 Å². The summed E-state index contributed by atoms with van der Waals surface area (Å²) in [5, 5.41) is 12.2. The van der Waals surface area contributed by atoms with Crippen molar-refractivity contribution in [1.29, 1.82) is 0 Å². The van der Waals surface area contributed by atoms with Gasteiger partial charge in [0.1, 0.15) is 0 Å². The monoisotopic (exact) mass is 311 g/mol. The summed E-state index contributed by atoms with van der Waals surface area (Å²) in [5.74, 6) is -0.870. The number of benzene rings is 1. The molecule has 1 saturated heterocycles. The number of hydrogen-bond donors (Lipinski definition) is 3. The molecule has 21 heavy (non-hydrogen) atoms. The van der Waals surface area contributed by atoms with Crippen LogP contribution in [0.15, 0.2) is 24.3 Å². The summed E-state index contributed by atoms with van der Waals surface area (Å²) in [5.41, 5.74) is 5.96. The van der Waals surface area contributed by atoms with E-state index in [-0.39, 0.29) is 5.92 Å². The average molecular weight is 312 g/mol. The number of aliphatic carboxylic acids is 1. The van der Waals surface area contributed by atoms with E-state index in [1.165, 1.54) is 0 Å². The topological polar surface area (TPSA) is 95.7 Å². The molecule has 1 aliphatic rings. The Morgan fingerprint density at radius 1 is 1.48 bits per heavy atom. The maximum absolute atomic E-state index is 12.2. The van der Waals surface area contributed by atoms with Crippen molar-refractivity contribution in [2.24, 2.45) is 11.7 Å². The van der Waals surface area contributed by atoms with Gasteiger partial charge in [-0.15, -0.1) is 0 Å². The van der Waals surface area contributed by atoms with E-state index in [4.69, 9.17) is 17.3 Å². The maximum Gasteiger partial charge on any atom is 0.331 e. The van der Waals surface area contributed by atoms with Gasteiger partial charge in [0.2, 0.25) is 0 Å². The Morgan fingerprint density at radius 2 is 2.19 bits per heavy atom. The van der Waals surface area contributed by atoms with Crippen LogP contribution in [0.3, 0.4) is 0 Å². The van der Waals surface area contributed by atoms with Gasteiger partial charge in [-0.1, -0.05) is 29.8 Å². The molecule has 2 atom stereocenters. The molecule has 2 amide bonds. The van der Waals surface area contributed by atoms with Crippen LogP contribution in [0.1, 0.15) is 18.0 Å². The number of nitrogens with zero attached hydrogens (tertiary/aromatic N) is 1. The molecule has 1 aliphatic heterocycles. The van der Waals surface area contributed by atoms with E-state index < -0.39 is 18.0 Å². The number of hydrogen-bond acceptors (Lipinski definition) is 3. The van der Waals surface area contributed by atoms with Gasteiger partial charge in [0, 0.05) is 23.7 Å². The Hall–Kier alpha value is -1.79. The summed E-state index contributed by atoms with van der Waals surface area (Å²) < 4.78 is 0. The normalized spacial score (nSPS) is 19.3. The number of carbonyl (C=O) groups is 2. The number of likely N-dealkylation sites (tertiary alicyclic amines) is 1. The van der Waals surface area contributed by atoms with Crippen LogP contribution >= 0.6 is 11.6 Å². The molecule has 2 rings (SSSR count). The summed E-state index contributed by atoms with van der Waals surface area (Å²) in [6.45, 7) is 1.66. The van der Waals surface area contributed by atoms with E-state index in [1.54, 1.807) is 29.2 Å². The highest BCUT2D eigenvalue weighted by molar-refractivity contribution is 6.31. The first-order valence-corrected chi connectivity index (χ1v) is 7.13. The fourth-order valence-electron chi connectivity index (χ4n) is 2.41. The van der Waals surface area contributed by atoms with Crippen molar-refractivity contribution in [2.75, 3.05) is 19.6 Å². The molecule has 0 aromatic heterocycles. The number of carbonyl (C=O) groups excluding carboxylic acids is 1. The Morgan fingerprint density at radius 3 is 2.76 bits per heavy atom. The Labute approximate surface area is 127 Å². The Kier molecular flexibility index (Phi) is 5.03. The molecular weight excluding hydrogens is 294 g/mol. The quantitative estimate of drug-likeness (QED) is 0.784. The number of rotatable bonds is 4. The summed E-state index contributed by atoms with van der Waals surface area (Å²) in [4.78, 5) is 25.2. The first kappa shape index (κ1) is 15.6. The zero-order valence-corrected chi connectivity index (χ0v) is 12.2. The number of carboxylic acids is 1. The number of carboxylic acid groups (broad SMARTS) is 1. The highest BCUT2D eigenvalue weighted by Crippen LogP contribution is 2.24. The fourth-order valence-corrected chi connectivity index (χ4v) is 2.65. The summed E-state index contributed by atoms with van der Waals surface area (Å²) in [6, 6.07) is 5.01. The van der Waals surface area contributed by atoms with Gasteiger partial charge >= 0.3 is 12.0 Å². The van der Waals surface area contributed by atoms with Crippen LogP contribution in [0.25, 0.3) is 0 Å². The van der Waals surface area contributed by atoms with Crippen LogP contribution in [0.5, 0.6) is 0 Å². The second-order valence-electron chi connectivity index (χ2n) is 5.08. The van der Waals surface area contributed by atoms with Crippen molar-refractivity contribution < 1.29 is 14.7 Å². The van der Waals surface area contributed by atoms with Crippen molar-refractivity contribution in [3.05, 3.63) is 34.9 Å². The zero-order valence-electron chi connectivity index (χ0n) is 11.5. The molecule has 6 nitrogen and oxygen atoms in total. The largest absolute Gasteiger partial charge is 0.479 e. The van der Waals surface area contributed by atoms with Gasteiger partial charge in [-0.2, -0.15) is 0 Å². The molecule has 0 aliphatic carbocycles. The summed E-state index contributed by atoms with van der Waals surface area (Å²) in [6.07, 6.45) is 0.841. The van der Waals surface area contributed by atoms with Gasteiger partial charge in [0.25, 0.3) is 0 Å². The summed E-state index contributed by atoms with van der Waals surface area (Å²) >= 11 is 6.01. The smallest absolute Gasteiger partial charge is 0.331 e. The standard InChI is InChI=1S/C14H18ClN3O3/c15-11-4-2-1-3-10(11)12(13(19)20)17-14(21)18-6-5-9(7-16)8-18/h1-4,9,12H,5-8,16H2,(H,17,21)(H,19,20)/t9?,12-/m1/s1. The van der Waals surface area contributed by atoms with Gasteiger partial charge in [-0.3, -0.25) is 0 Å². The molecule has 1 aromatic carbocycles. The average Bonchev–Trinajstić information content (AvgIpc) is 2.94. The predicted molar refractivity (Wildman–Crippen MR) is 79.1 cm³/mol. The molecule has 7 heteroatoms. The molecule has 1 unspecified atom stereocenters. The SMILES string of the molecule is NCC1CCN(C(=O)N[C@@H](C(=O)O)c2ccccc2Cl)C1. The lowest BCUT2D eigenvalue weighted by Crippen LogP contribution is -2.43. The lowest BCUT2D eigenvalue weighted by Gasteiger charge is -2.21. The molecule has 0 radical (unpaired) electrons. The third-order valence-electron chi connectivity index (χ3n) is 3.64. The van der Waals surface area contributed by atoms with Crippen LogP contribution in [-0.4, -0.2) is 41.6 Å². The molecule has 0 saturated carbocycles. The number of nitrogens with one attached hydrogen (secondary N) is 1. The van der Waals surface area contributed by atoms with Crippen LogP contribution in [-0.2, 0) is 4.79 Å². The first-order chi connectivity index (χ1) is 10.0. The second-order valence-corrected chi connectivity index (χ2v) is 5.49. The van der Waals surface area contributed by atoms with Gasteiger partial charge in [0.05, 0.1) is 0 Å². The number of urea groups is 1. The maximum atomic E-state index is 12.2. The molecule has 1 fully saturated rings. The van der Waals surface area contributed by atoms with Crippen LogP contribution in [0.2, 0.25) is 5.02 Å². The molecule has 0 bridgehead atoms. The second kappa shape index (κ2) is 6.78. The number of nitrogens with two attached hydrogens (primary N) is 1. The molecule has 0 spiro atoms. The minimum absolute atomic E-state index is 0.277. The lowest BCUT2D eigenvalue weighted by molar-refractivity contribution is -0.139. The van der Waals surface area contributed by atoms with E-state index >= 15 is 0 Å². The zero-order chi connectivity index (χ0) is 15.4. The molecule has 114 valence electrons. The van der Waals surface area contributed by atoms with E-state index in [0.29, 0.717) is 30.2 Å². The fraction of sp³-hybridized carbons (Fsp3) is 0.429. The highest BCUT2D eigenvalue weighted by Gasteiger charge is 2.30. The third kappa shape index (κ3) is 3.65. The Bertz CT molecular complexity index is 538. The van der Waals surface area contributed by atoms with Gasteiger partial charge in [0.15, 0.2) is 6.04 Å². The van der Waals surface area contributed by atoms with Crippen molar-refractivity contribution in [2.45, 2.75) is 12.5 Å². The van der Waals surface area contributed by atoms with E-state index in [2.05, 4.69) is 5.32 Å². The first-order valence-electron chi connectivity index (χ1n) is 6.75. The Balaban J connectivity index is 2.09. The lowest BCUT2D eigenvalue weighted by atomic mass is 10.1. The number of halogens is 1. The predicted octanol–water partition coefficient (Wildman–Crippen LogP) is 1.46. The van der Waals surface area contributed by atoms with Gasteiger partial charge < -0.3 is 21.1 Å². The van der Waals surface area contributed by atoms with Crippen molar-refractivity contribution in [3.8, 4) is 0 Å². The van der Waals surface area contributed by atoms with Crippen LogP contribution < -0.4 is 11.1 Å². The molecule has 4 N–H and O–H groups in total. The van der Waals surface area contributed by atoms with Gasteiger partial charge in [-0.05, 0) is 24.9 Å². The highest BCUT2D eigenvalue weighted by atomic mass is 35.5. The van der Waals surface area contributed by atoms with Crippen molar-refractivity contribution >= 4 is 23.6 Å². The van der Waals surface area contributed by atoms with Crippen LogP contribution in [0.4, 0.5) is 4.79 Å². The molecule has 1 heterocycles. The third-order valence-corrected chi connectivity index (χ3v) is 3.98. The minimum atomic E-state index is -1.16. The van der Waals surface area contributed by atoms with Gasteiger partial charge in [-0.25, -0.2) is 9.59 Å². The minimum Gasteiger partial charge on any atom is -0.479 e. The van der Waals surface area contributed by atoms with Crippen molar-refractivity contribution in [3.63, 3.8) is 0 Å². The van der Waals surface area contributed by atoms with Crippen molar-refractivity contribution in [1.82, 2.24) is 10.2 Å². The van der Waals surface area contributed by atoms with E-state index in [1.807, 2.05) is 0 Å². The molecule has 1 aromatic rings. The number of amides is 2. The van der Waals surface area contributed by atoms with E-state index in [0.717, 1.165) is 6.42 Å². The molecular formula is C14H18ClN3O3.